The van der Waals surface area contributed by atoms with Gasteiger partial charge in [-0.1, -0.05) is 26.0 Å². The van der Waals surface area contributed by atoms with Crippen molar-refractivity contribution >= 4 is 11.9 Å². The number of rotatable bonds is 4. The Hall–Kier alpha value is -1.92. The Morgan fingerprint density at radius 3 is 1.42 bits per heavy atom. The molecule has 0 saturated heterocycles. The van der Waals surface area contributed by atoms with E-state index in [-0.39, 0.29) is 29.8 Å². The number of aliphatic hydroxyl groups is 2. The summed E-state index contributed by atoms with van der Waals surface area (Å²) in [5.74, 6) is -2.46. The van der Waals surface area contributed by atoms with Gasteiger partial charge in [0.2, 0.25) is 0 Å². The van der Waals surface area contributed by atoms with Crippen molar-refractivity contribution < 1.29 is 30.0 Å². The van der Waals surface area contributed by atoms with Crippen LogP contribution in [0.2, 0.25) is 0 Å². The second kappa shape index (κ2) is 7.50. The van der Waals surface area contributed by atoms with E-state index in [2.05, 4.69) is 0 Å². The molecule has 6 heteroatoms. The summed E-state index contributed by atoms with van der Waals surface area (Å²) in [5.41, 5.74) is -0.685. The highest BCUT2D eigenvalue weighted by Crippen LogP contribution is 2.10. The molecule has 0 unspecified atom stereocenters. The van der Waals surface area contributed by atoms with Crippen LogP contribution in [-0.2, 0) is 0 Å². The third kappa shape index (κ3) is 5.98. The largest absolute Gasteiger partial charge is 0.478 e. The molecule has 0 radical (unpaired) electrons. The van der Waals surface area contributed by atoms with Crippen LogP contribution in [0, 0.1) is 5.41 Å². The third-order valence-electron chi connectivity index (χ3n) is 2.24. The summed E-state index contributed by atoms with van der Waals surface area (Å²) in [6, 6.07) is 5.48. The lowest BCUT2D eigenvalue weighted by molar-refractivity contribution is 0.0651. The van der Waals surface area contributed by atoms with E-state index in [0.29, 0.717) is 0 Å². The standard InChI is InChI=1S/C8H6O4.C5H12O2/c9-7(10)5-3-1-2-4-6(5)8(11)12;1-5(2,3-6)4-7/h1-4H,(H,9,10)(H,11,12);6-7H,3-4H2,1-2H3. The Morgan fingerprint density at radius 2 is 1.26 bits per heavy atom. The van der Waals surface area contributed by atoms with Crippen molar-refractivity contribution in [2.75, 3.05) is 13.2 Å². The molecular weight excluding hydrogens is 252 g/mol. The molecule has 1 rings (SSSR count). The van der Waals surface area contributed by atoms with Crippen LogP contribution in [0.15, 0.2) is 24.3 Å². The van der Waals surface area contributed by atoms with Gasteiger partial charge in [0.15, 0.2) is 0 Å². The molecule has 0 aliphatic carbocycles. The molecule has 0 amide bonds. The number of hydrogen-bond acceptors (Lipinski definition) is 4. The van der Waals surface area contributed by atoms with Crippen molar-refractivity contribution in [2.24, 2.45) is 5.41 Å². The molecular formula is C13H18O6. The number of hydrogen-bond donors (Lipinski definition) is 4. The van der Waals surface area contributed by atoms with E-state index in [1.165, 1.54) is 24.3 Å². The molecule has 0 aliphatic heterocycles. The van der Waals surface area contributed by atoms with Gasteiger partial charge >= 0.3 is 11.9 Å². The van der Waals surface area contributed by atoms with E-state index in [1.807, 2.05) is 0 Å². The minimum absolute atomic E-state index is 0.0451. The summed E-state index contributed by atoms with van der Waals surface area (Å²) >= 11 is 0. The fraction of sp³-hybridized carbons (Fsp3) is 0.385. The zero-order valence-electron chi connectivity index (χ0n) is 10.8. The summed E-state index contributed by atoms with van der Waals surface area (Å²) in [6.45, 7) is 3.69. The van der Waals surface area contributed by atoms with E-state index >= 15 is 0 Å². The lowest BCUT2D eigenvalue weighted by Crippen LogP contribution is -2.20. The zero-order valence-corrected chi connectivity index (χ0v) is 10.8. The molecule has 0 heterocycles. The second-order valence-electron chi connectivity index (χ2n) is 4.64. The summed E-state index contributed by atoms with van der Waals surface area (Å²) in [5, 5.41) is 34.0. The first-order valence-electron chi connectivity index (χ1n) is 5.52. The maximum Gasteiger partial charge on any atom is 0.336 e. The third-order valence-corrected chi connectivity index (χ3v) is 2.24. The first kappa shape index (κ1) is 17.1. The predicted octanol–water partition coefficient (Wildman–Crippen LogP) is 1.08. The summed E-state index contributed by atoms with van der Waals surface area (Å²) in [7, 11) is 0. The smallest absolute Gasteiger partial charge is 0.336 e. The zero-order chi connectivity index (χ0) is 15.1. The van der Waals surface area contributed by atoms with Gasteiger partial charge < -0.3 is 20.4 Å². The topological polar surface area (TPSA) is 115 Å². The average Bonchev–Trinajstić information content (AvgIpc) is 2.39. The van der Waals surface area contributed by atoms with E-state index in [1.54, 1.807) is 13.8 Å². The Bertz CT molecular complexity index is 400. The highest BCUT2D eigenvalue weighted by Gasteiger charge is 2.14. The van der Waals surface area contributed by atoms with Gasteiger partial charge in [0, 0.05) is 5.41 Å². The van der Waals surface area contributed by atoms with Crippen molar-refractivity contribution in [3.8, 4) is 0 Å². The fourth-order valence-corrected chi connectivity index (χ4v) is 0.906. The summed E-state index contributed by atoms with van der Waals surface area (Å²) in [4.78, 5) is 20.9. The first-order valence-corrected chi connectivity index (χ1v) is 5.52. The Morgan fingerprint density at radius 1 is 0.947 bits per heavy atom. The van der Waals surface area contributed by atoms with Gasteiger partial charge in [-0.3, -0.25) is 0 Å². The van der Waals surface area contributed by atoms with Gasteiger partial charge in [0.05, 0.1) is 24.3 Å². The monoisotopic (exact) mass is 270 g/mol. The van der Waals surface area contributed by atoms with Gasteiger partial charge in [-0.2, -0.15) is 0 Å². The van der Waals surface area contributed by atoms with Crippen molar-refractivity contribution in [1.82, 2.24) is 0 Å². The van der Waals surface area contributed by atoms with Crippen LogP contribution in [0.3, 0.4) is 0 Å². The molecule has 0 aliphatic rings. The number of benzene rings is 1. The molecule has 4 N–H and O–H groups in total. The average molecular weight is 270 g/mol. The molecule has 0 fully saturated rings. The van der Waals surface area contributed by atoms with Crippen LogP contribution in [-0.4, -0.2) is 45.6 Å². The minimum Gasteiger partial charge on any atom is -0.478 e. The summed E-state index contributed by atoms with van der Waals surface area (Å²) < 4.78 is 0. The van der Waals surface area contributed by atoms with Crippen molar-refractivity contribution in [3.63, 3.8) is 0 Å². The number of carbonyl (C=O) groups is 2. The quantitative estimate of drug-likeness (QED) is 0.650. The molecule has 1 aromatic rings. The van der Waals surface area contributed by atoms with Crippen molar-refractivity contribution in [3.05, 3.63) is 35.4 Å². The van der Waals surface area contributed by atoms with Gasteiger partial charge in [0.1, 0.15) is 0 Å². The molecule has 0 spiro atoms. The molecule has 0 atom stereocenters. The highest BCUT2D eigenvalue weighted by molar-refractivity contribution is 6.01. The van der Waals surface area contributed by atoms with Crippen LogP contribution < -0.4 is 0 Å². The lowest BCUT2D eigenvalue weighted by atomic mass is 9.97. The van der Waals surface area contributed by atoms with Gasteiger partial charge in [-0.15, -0.1) is 0 Å². The molecule has 0 bridgehead atoms. The fourth-order valence-electron chi connectivity index (χ4n) is 0.906. The molecule has 1 aromatic carbocycles. The maximum atomic E-state index is 10.5. The Labute approximate surface area is 110 Å². The minimum atomic E-state index is -1.23. The SMILES string of the molecule is CC(C)(CO)CO.O=C(O)c1ccccc1C(=O)O. The van der Waals surface area contributed by atoms with Crippen LogP contribution in [0.25, 0.3) is 0 Å². The highest BCUT2D eigenvalue weighted by atomic mass is 16.4. The van der Waals surface area contributed by atoms with Crippen LogP contribution >= 0.6 is 0 Å². The van der Waals surface area contributed by atoms with E-state index < -0.39 is 11.9 Å². The Balaban J connectivity index is 0.000000399. The molecule has 106 valence electrons. The molecule has 0 saturated carbocycles. The van der Waals surface area contributed by atoms with Crippen LogP contribution in [0.5, 0.6) is 0 Å². The lowest BCUT2D eigenvalue weighted by Gasteiger charge is -2.16. The van der Waals surface area contributed by atoms with E-state index in [4.69, 9.17) is 20.4 Å². The van der Waals surface area contributed by atoms with Gasteiger partial charge in [-0.05, 0) is 12.1 Å². The number of aliphatic hydroxyl groups excluding tert-OH is 2. The number of carboxylic acid groups (broad SMARTS) is 2. The molecule has 19 heavy (non-hydrogen) atoms. The van der Waals surface area contributed by atoms with Crippen LogP contribution in [0.1, 0.15) is 34.6 Å². The maximum absolute atomic E-state index is 10.5. The van der Waals surface area contributed by atoms with E-state index in [0.717, 1.165) is 0 Å². The van der Waals surface area contributed by atoms with Gasteiger partial charge in [0.25, 0.3) is 0 Å². The molecule has 0 aromatic heterocycles. The predicted molar refractivity (Wildman–Crippen MR) is 68.3 cm³/mol. The second-order valence-corrected chi connectivity index (χ2v) is 4.64. The van der Waals surface area contributed by atoms with Crippen LogP contribution in [0.4, 0.5) is 0 Å². The van der Waals surface area contributed by atoms with Crippen molar-refractivity contribution in [1.29, 1.82) is 0 Å². The first-order chi connectivity index (χ1) is 8.75. The van der Waals surface area contributed by atoms with E-state index in [9.17, 15) is 9.59 Å². The van der Waals surface area contributed by atoms with Crippen molar-refractivity contribution in [2.45, 2.75) is 13.8 Å². The summed E-state index contributed by atoms with van der Waals surface area (Å²) in [6.07, 6.45) is 0. The van der Waals surface area contributed by atoms with Gasteiger partial charge in [-0.25, -0.2) is 9.59 Å². The number of aromatic carboxylic acids is 2. The molecule has 6 nitrogen and oxygen atoms in total. The normalized spacial score (nSPS) is 10.3. The number of carboxylic acids is 2. The Kier molecular flexibility index (Phi) is 6.74.